The van der Waals surface area contributed by atoms with Crippen molar-refractivity contribution >= 4 is 21.7 Å². The molecule has 0 amide bonds. The van der Waals surface area contributed by atoms with Gasteiger partial charge in [0.15, 0.2) is 11.5 Å². The Balaban J connectivity index is 2.63. The van der Waals surface area contributed by atoms with Gasteiger partial charge in [-0.05, 0) is 31.2 Å². The number of esters is 1. The summed E-state index contributed by atoms with van der Waals surface area (Å²) in [7, 11) is 1.51. The Morgan fingerprint density at radius 2 is 1.53 bits per heavy atom. The summed E-state index contributed by atoms with van der Waals surface area (Å²) < 4.78 is 53.8. The van der Waals surface area contributed by atoms with Crippen molar-refractivity contribution in [2.75, 3.05) is 45.9 Å². The Hall–Kier alpha value is -3.14. The summed E-state index contributed by atoms with van der Waals surface area (Å²) in [6.07, 6.45) is 0. The Morgan fingerprint density at radius 1 is 0.867 bits per heavy atom. The minimum atomic E-state index is -4.20. The standard InChI is InChI=1S/C20H25NO8S/c1-6-29-20(22)13-21(16-9-7-14(25-2)11-18(16)27-4)30(23,24)15-8-10-17(26-3)19(12-15)28-5/h7-12H,6,13H2,1-5H3. The van der Waals surface area contributed by atoms with Crippen LogP contribution < -0.4 is 23.3 Å². The first kappa shape index (κ1) is 23.1. The zero-order valence-corrected chi connectivity index (χ0v) is 18.3. The van der Waals surface area contributed by atoms with Gasteiger partial charge in [-0.2, -0.15) is 0 Å². The highest BCUT2D eigenvalue weighted by Gasteiger charge is 2.31. The number of carbonyl (C=O) groups is 1. The van der Waals surface area contributed by atoms with Crippen LogP contribution in [0.4, 0.5) is 5.69 Å². The van der Waals surface area contributed by atoms with E-state index in [0.29, 0.717) is 11.5 Å². The van der Waals surface area contributed by atoms with Gasteiger partial charge in [-0.25, -0.2) is 8.42 Å². The Labute approximate surface area is 176 Å². The highest BCUT2D eigenvalue weighted by atomic mass is 32.2. The molecule has 0 heterocycles. The van der Waals surface area contributed by atoms with E-state index in [1.165, 1.54) is 58.8 Å². The summed E-state index contributed by atoms with van der Waals surface area (Å²) in [6, 6.07) is 8.75. The van der Waals surface area contributed by atoms with E-state index in [4.69, 9.17) is 23.7 Å². The van der Waals surface area contributed by atoms with Crippen molar-refractivity contribution < 1.29 is 36.9 Å². The molecule has 30 heavy (non-hydrogen) atoms. The lowest BCUT2D eigenvalue weighted by molar-refractivity contribution is -0.141. The topological polar surface area (TPSA) is 101 Å². The quantitative estimate of drug-likeness (QED) is 0.521. The first-order valence-electron chi connectivity index (χ1n) is 8.94. The summed E-state index contributed by atoms with van der Waals surface area (Å²) >= 11 is 0. The van der Waals surface area contributed by atoms with Crippen molar-refractivity contribution in [2.24, 2.45) is 0 Å². The summed E-state index contributed by atoms with van der Waals surface area (Å²) in [5.74, 6) is 0.573. The molecule has 0 atom stereocenters. The van der Waals surface area contributed by atoms with Crippen molar-refractivity contribution in [3.8, 4) is 23.0 Å². The summed E-state index contributed by atoms with van der Waals surface area (Å²) in [5.41, 5.74) is 0.154. The summed E-state index contributed by atoms with van der Waals surface area (Å²) in [6.45, 7) is 1.20. The van der Waals surface area contributed by atoms with E-state index in [0.717, 1.165) is 4.31 Å². The number of methoxy groups -OCH3 is 4. The molecule has 9 nitrogen and oxygen atoms in total. The van der Waals surface area contributed by atoms with Crippen molar-refractivity contribution in [2.45, 2.75) is 11.8 Å². The monoisotopic (exact) mass is 439 g/mol. The molecule has 0 saturated heterocycles. The van der Waals surface area contributed by atoms with E-state index in [-0.39, 0.29) is 28.7 Å². The Kier molecular flexibility index (Phi) is 7.76. The molecule has 2 aromatic rings. The minimum Gasteiger partial charge on any atom is -0.497 e. The van der Waals surface area contributed by atoms with Crippen LogP contribution >= 0.6 is 0 Å². The van der Waals surface area contributed by atoms with Crippen molar-refractivity contribution in [1.82, 2.24) is 0 Å². The fourth-order valence-electron chi connectivity index (χ4n) is 2.72. The van der Waals surface area contributed by atoms with Crippen LogP contribution in [0.25, 0.3) is 0 Å². The van der Waals surface area contributed by atoms with Gasteiger partial charge in [0.2, 0.25) is 0 Å². The van der Waals surface area contributed by atoms with E-state index in [1.807, 2.05) is 0 Å². The molecule has 0 saturated carbocycles. The van der Waals surface area contributed by atoms with Crippen LogP contribution in [0.3, 0.4) is 0 Å². The molecular weight excluding hydrogens is 414 g/mol. The van der Waals surface area contributed by atoms with Crippen molar-refractivity contribution in [1.29, 1.82) is 0 Å². The molecule has 2 rings (SSSR count). The van der Waals surface area contributed by atoms with Gasteiger partial charge >= 0.3 is 5.97 Å². The molecule has 0 N–H and O–H groups in total. The van der Waals surface area contributed by atoms with Crippen LogP contribution in [0.15, 0.2) is 41.3 Å². The fraction of sp³-hybridized carbons (Fsp3) is 0.350. The normalized spacial score (nSPS) is 10.8. The molecule has 0 bridgehead atoms. The first-order valence-corrected chi connectivity index (χ1v) is 10.4. The maximum absolute atomic E-state index is 13.5. The lowest BCUT2D eigenvalue weighted by atomic mass is 10.2. The van der Waals surface area contributed by atoms with E-state index >= 15 is 0 Å². The van der Waals surface area contributed by atoms with E-state index in [9.17, 15) is 13.2 Å². The van der Waals surface area contributed by atoms with Gasteiger partial charge in [0.25, 0.3) is 10.0 Å². The second-order valence-corrected chi connectivity index (χ2v) is 7.73. The Morgan fingerprint density at radius 3 is 2.10 bits per heavy atom. The van der Waals surface area contributed by atoms with Crippen molar-refractivity contribution in [3.05, 3.63) is 36.4 Å². The van der Waals surface area contributed by atoms with Gasteiger partial charge in [-0.15, -0.1) is 0 Å². The molecule has 164 valence electrons. The molecule has 0 radical (unpaired) electrons. The Bertz CT molecular complexity index is 990. The second kappa shape index (κ2) is 10.1. The predicted octanol–water partition coefficient (Wildman–Crippen LogP) is 2.48. The molecule has 2 aromatic carbocycles. The number of benzene rings is 2. The van der Waals surface area contributed by atoms with Gasteiger partial charge in [-0.3, -0.25) is 9.10 Å². The molecule has 0 aromatic heterocycles. The molecule has 0 unspecified atom stereocenters. The van der Waals surface area contributed by atoms with Gasteiger partial charge in [0, 0.05) is 12.1 Å². The van der Waals surface area contributed by atoms with Crippen LogP contribution in [-0.2, 0) is 19.6 Å². The average molecular weight is 439 g/mol. The molecule has 0 aliphatic carbocycles. The second-order valence-electron chi connectivity index (χ2n) is 5.87. The van der Waals surface area contributed by atoms with Crippen LogP contribution in [0.1, 0.15) is 6.92 Å². The van der Waals surface area contributed by atoms with Gasteiger partial charge < -0.3 is 23.7 Å². The number of hydrogen-bond donors (Lipinski definition) is 0. The van der Waals surface area contributed by atoms with Crippen molar-refractivity contribution in [3.63, 3.8) is 0 Å². The molecule has 10 heteroatoms. The number of hydrogen-bond acceptors (Lipinski definition) is 8. The van der Waals surface area contributed by atoms with E-state index in [1.54, 1.807) is 13.0 Å². The zero-order valence-electron chi connectivity index (χ0n) is 17.5. The fourth-order valence-corrected chi connectivity index (χ4v) is 4.15. The molecular formula is C20H25NO8S. The zero-order chi connectivity index (χ0) is 22.3. The van der Waals surface area contributed by atoms with Gasteiger partial charge in [-0.1, -0.05) is 0 Å². The highest BCUT2D eigenvalue weighted by molar-refractivity contribution is 7.92. The lowest BCUT2D eigenvalue weighted by Gasteiger charge is -2.25. The largest absolute Gasteiger partial charge is 0.497 e. The maximum atomic E-state index is 13.5. The number of sulfonamides is 1. The lowest BCUT2D eigenvalue weighted by Crippen LogP contribution is -2.37. The predicted molar refractivity (Wildman–Crippen MR) is 110 cm³/mol. The van der Waals surface area contributed by atoms with Crippen LogP contribution in [0.5, 0.6) is 23.0 Å². The van der Waals surface area contributed by atoms with Gasteiger partial charge in [0.1, 0.15) is 18.0 Å². The maximum Gasteiger partial charge on any atom is 0.326 e. The smallest absolute Gasteiger partial charge is 0.326 e. The highest BCUT2D eigenvalue weighted by Crippen LogP contribution is 2.37. The minimum absolute atomic E-state index is 0.0951. The third-order valence-electron chi connectivity index (χ3n) is 4.18. The van der Waals surface area contributed by atoms with Gasteiger partial charge in [0.05, 0.1) is 45.6 Å². The average Bonchev–Trinajstić information content (AvgIpc) is 2.76. The van der Waals surface area contributed by atoms with Crippen LogP contribution in [0, 0.1) is 0 Å². The number of rotatable bonds is 10. The third-order valence-corrected chi connectivity index (χ3v) is 5.93. The first-order chi connectivity index (χ1) is 14.3. The number of nitrogens with zero attached hydrogens (tertiary/aromatic N) is 1. The molecule has 0 aliphatic heterocycles. The molecule has 0 spiro atoms. The third kappa shape index (κ3) is 4.88. The van der Waals surface area contributed by atoms with Crippen LogP contribution in [0.2, 0.25) is 0 Å². The van der Waals surface area contributed by atoms with Crippen LogP contribution in [-0.4, -0.2) is 56.0 Å². The summed E-state index contributed by atoms with van der Waals surface area (Å²) in [5, 5.41) is 0. The van der Waals surface area contributed by atoms with E-state index < -0.39 is 22.5 Å². The molecule has 0 fully saturated rings. The SMILES string of the molecule is CCOC(=O)CN(c1ccc(OC)cc1OC)S(=O)(=O)c1ccc(OC)c(OC)c1. The molecule has 0 aliphatic rings. The number of carbonyl (C=O) groups excluding carboxylic acids is 1. The number of anilines is 1. The summed E-state index contributed by atoms with van der Waals surface area (Å²) in [4.78, 5) is 12.1. The van der Waals surface area contributed by atoms with E-state index in [2.05, 4.69) is 0 Å². The number of ether oxygens (including phenoxy) is 5.